The minimum Gasteiger partial charge on any atom is -0.368 e. The van der Waals surface area contributed by atoms with E-state index < -0.39 is 0 Å². The van der Waals surface area contributed by atoms with Crippen LogP contribution in [0.1, 0.15) is 5.56 Å². The SMILES string of the molecule is Cc1ccc(Br)cc1-c1ccc(NCCS)nn1. The van der Waals surface area contributed by atoms with E-state index in [0.29, 0.717) is 0 Å². The fraction of sp³-hybridized carbons (Fsp3) is 0.231. The summed E-state index contributed by atoms with van der Waals surface area (Å²) in [5, 5.41) is 11.5. The molecule has 1 N–H and O–H groups in total. The summed E-state index contributed by atoms with van der Waals surface area (Å²) in [5.41, 5.74) is 3.16. The maximum atomic E-state index is 4.25. The Kier molecular flexibility index (Phi) is 4.60. The van der Waals surface area contributed by atoms with Crippen molar-refractivity contribution in [2.75, 3.05) is 17.6 Å². The van der Waals surface area contributed by atoms with Crippen molar-refractivity contribution in [1.29, 1.82) is 0 Å². The second kappa shape index (κ2) is 6.20. The Morgan fingerprint density at radius 2 is 2.06 bits per heavy atom. The van der Waals surface area contributed by atoms with E-state index in [1.165, 1.54) is 5.56 Å². The smallest absolute Gasteiger partial charge is 0.148 e. The molecule has 0 atom stereocenters. The fourth-order valence-corrected chi connectivity index (χ4v) is 2.10. The highest BCUT2D eigenvalue weighted by Gasteiger charge is 2.05. The predicted molar refractivity (Wildman–Crippen MR) is 82.2 cm³/mol. The first-order valence-corrected chi connectivity index (χ1v) is 7.08. The lowest BCUT2D eigenvalue weighted by molar-refractivity contribution is 1.02. The molecule has 0 bridgehead atoms. The van der Waals surface area contributed by atoms with Gasteiger partial charge in [0, 0.05) is 22.3 Å². The first-order valence-electron chi connectivity index (χ1n) is 5.65. The van der Waals surface area contributed by atoms with E-state index in [9.17, 15) is 0 Å². The largest absolute Gasteiger partial charge is 0.368 e. The number of hydrogen-bond donors (Lipinski definition) is 2. The number of nitrogens with one attached hydrogen (secondary N) is 1. The zero-order valence-electron chi connectivity index (χ0n) is 10.0. The summed E-state index contributed by atoms with van der Waals surface area (Å²) < 4.78 is 1.04. The van der Waals surface area contributed by atoms with E-state index in [0.717, 1.165) is 33.8 Å². The molecule has 0 aliphatic rings. The third kappa shape index (κ3) is 3.23. The number of anilines is 1. The summed E-state index contributed by atoms with van der Waals surface area (Å²) in [6.07, 6.45) is 0. The van der Waals surface area contributed by atoms with Crippen molar-refractivity contribution in [2.45, 2.75) is 6.92 Å². The number of aryl methyl sites for hydroxylation is 1. The summed E-state index contributed by atoms with van der Waals surface area (Å²) >= 11 is 7.61. The molecule has 94 valence electrons. The minimum absolute atomic E-state index is 0.772. The first kappa shape index (κ1) is 13.4. The van der Waals surface area contributed by atoms with Gasteiger partial charge >= 0.3 is 0 Å². The van der Waals surface area contributed by atoms with E-state index in [4.69, 9.17) is 0 Å². The van der Waals surface area contributed by atoms with Crippen LogP contribution < -0.4 is 5.32 Å². The van der Waals surface area contributed by atoms with Gasteiger partial charge in [0.1, 0.15) is 5.82 Å². The van der Waals surface area contributed by atoms with Crippen molar-refractivity contribution < 1.29 is 0 Å². The van der Waals surface area contributed by atoms with Gasteiger partial charge in [0.2, 0.25) is 0 Å². The lowest BCUT2D eigenvalue weighted by atomic mass is 10.1. The zero-order valence-corrected chi connectivity index (χ0v) is 12.5. The lowest BCUT2D eigenvalue weighted by Gasteiger charge is -2.07. The van der Waals surface area contributed by atoms with Crippen molar-refractivity contribution in [3.05, 3.63) is 40.4 Å². The second-order valence-corrected chi connectivity index (χ2v) is 5.28. The van der Waals surface area contributed by atoms with Gasteiger partial charge in [-0.05, 0) is 36.8 Å². The Morgan fingerprint density at radius 3 is 2.72 bits per heavy atom. The molecule has 18 heavy (non-hydrogen) atoms. The molecule has 0 amide bonds. The monoisotopic (exact) mass is 323 g/mol. The summed E-state index contributed by atoms with van der Waals surface area (Å²) in [6.45, 7) is 2.85. The van der Waals surface area contributed by atoms with Crippen LogP contribution in [-0.4, -0.2) is 22.5 Å². The fourth-order valence-electron chi connectivity index (χ4n) is 1.62. The molecule has 3 nitrogen and oxygen atoms in total. The molecular weight excluding hydrogens is 310 g/mol. The van der Waals surface area contributed by atoms with Crippen LogP contribution >= 0.6 is 28.6 Å². The summed E-state index contributed by atoms with van der Waals surface area (Å²) in [7, 11) is 0. The normalized spacial score (nSPS) is 10.4. The molecule has 1 aromatic carbocycles. The Morgan fingerprint density at radius 1 is 1.22 bits per heavy atom. The van der Waals surface area contributed by atoms with E-state index in [1.54, 1.807) is 0 Å². The summed E-state index contributed by atoms with van der Waals surface area (Å²) in [5.74, 6) is 1.55. The molecule has 0 radical (unpaired) electrons. The van der Waals surface area contributed by atoms with Gasteiger partial charge in [-0.2, -0.15) is 12.6 Å². The maximum Gasteiger partial charge on any atom is 0.148 e. The van der Waals surface area contributed by atoms with Gasteiger partial charge in [-0.1, -0.05) is 22.0 Å². The molecule has 0 saturated heterocycles. The van der Waals surface area contributed by atoms with Crippen molar-refractivity contribution >= 4 is 34.4 Å². The highest BCUT2D eigenvalue weighted by molar-refractivity contribution is 9.10. The standard InChI is InChI=1S/C13H14BrN3S/c1-9-2-3-10(14)8-11(9)12-4-5-13(17-16-12)15-6-7-18/h2-5,8,18H,6-7H2,1H3,(H,15,17). The number of hydrogen-bond acceptors (Lipinski definition) is 4. The summed E-state index contributed by atoms with van der Waals surface area (Å²) in [4.78, 5) is 0. The Bertz CT molecular complexity index is 528. The molecule has 0 fully saturated rings. The van der Waals surface area contributed by atoms with Gasteiger partial charge in [0.15, 0.2) is 0 Å². The van der Waals surface area contributed by atoms with Crippen LogP contribution in [0.5, 0.6) is 0 Å². The maximum absolute atomic E-state index is 4.25. The van der Waals surface area contributed by atoms with E-state index in [-0.39, 0.29) is 0 Å². The van der Waals surface area contributed by atoms with E-state index in [1.807, 2.05) is 18.2 Å². The molecule has 1 aromatic heterocycles. The molecule has 0 unspecified atom stereocenters. The van der Waals surface area contributed by atoms with Crippen molar-refractivity contribution in [2.24, 2.45) is 0 Å². The quantitative estimate of drug-likeness (QED) is 0.845. The number of aromatic nitrogens is 2. The van der Waals surface area contributed by atoms with Crippen LogP contribution in [-0.2, 0) is 0 Å². The zero-order chi connectivity index (χ0) is 13.0. The van der Waals surface area contributed by atoms with Gasteiger partial charge in [0.05, 0.1) is 5.69 Å². The molecule has 0 aliphatic carbocycles. The lowest BCUT2D eigenvalue weighted by Crippen LogP contribution is -2.05. The van der Waals surface area contributed by atoms with Crippen LogP contribution in [0.3, 0.4) is 0 Å². The highest BCUT2D eigenvalue weighted by Crippen LogP contribution is 2.25. The van der Waals surface area contributed by atoms with Gasteiger partial charge in [-0.3, -0.25) is 0 Å². The third-order valence-corrected chi connectivity index (χ3v) is 3.27. The number of rotatable bonds is 4. The van der Waals surface area contributed by atoms with Gasteiger partial charge in [-0.15, -0.1) is 10.2 Å². The van der Waals surface area contributed by atoms with Gasteiger partial charge in [0.25, 0.3) is 0 Å². The van der Waals surface area contributed by atoms with Crippen LogP contribution in [0.4, 0.5) is 5.82 Å². The van der Waals surface area contributed by atoms with Crippen LogP contribution in [0.2, 0.25) is 0 Å². The van der Waals surface area contributed by atoms with Crippen molar-refractivity contribution in [3.63, 3.8) is 0 Å². The molecule has 0 aliphatic heterocycles. The summed E-state index contributed by atoms with van der Waals surface area (Å²) in [6, 6.07) is 10.1. The predicted octanol–water partition coefficient (Wildman–Crippen LogP) is 3.56. The van der Waals surface area contributed by atoms with Crippen molar-refractivity contribution in [1.82, 2.24) is 10.2 Å². The topological polar surface area (TPSA) is 37.8 Å². The Hall–Kier alpha value is -1.07. The third-order valence-electron chi connectivity index (χ3n) is 2.56. The molecule has 2 aromatic rings. The van der Waals surface area contributed by atoms with E-state index >= 15 is 0 Å². The highest BCUT2D eigenvalue weighted by atomic mass is 79.9. The van der Waals surface area contributed by atoms with Gasteiger partial charge < -0.3 is 5.32 Å². The van der Waals surface area contributed by atoms with Crippen LogP contribution in [0.15, 0.2) is 34.8 Å². The molecule has 0 spiro atoms. The average Bonchev–Trinajstić information content (AvgIpc) is 2.40. The minimum atomic E-state index is 0.772. The van der Waals surface area contributed by atoms with E-state index in [2.05, 4.69) is 63.1 Å². The molecule has 5 heteroatoms. The number of halogens is 1. The molecular formula is C13H14BrN3S. The molecule has 0 saturated carbocycles. The number of benzene rings is 1. The van der Waals surface area contributed by atoms with Gasteiger partial charge in [-0.25, -0.2) is 0 Å². The second-order valence-electron chi connectivity index (χ2n) is 3.91. The first-order chi connectivity index (χ1) is 8.70. The number of nitrogens with zero attached hydrogens (tertiary/aromatic N) is 2. The van der Waals surface area contributed by atoms with Crippen LogP contribution in [0.25, 0.3) is 11.3 Å². The molecule has 1 heterocycles. The Labute approximate surface area is 121 Å². The Balaban J connectivity index is 2.25. The van der Waals surface area contributed by atoms with Crippen molar-refractivity contribution in [3.8, 4) is 11.3 Å². The average molecular weight is 324 g/mol. The van der Waals surface area contributed by atoms with Crippen LogP contribution in [0, 0.1) is 6.92 Å². The number of thiol groups is 1. The molecule has 2 rings (SSSR count).